The highest BCUT2D eigenvalue weighted by molar-refractivity contribution is 7.99. The van der Waals surface area contributed by atoms with E-state index in [4.69, 9.17) is 4.74 Å². The topological polar surface area (TPSA) is 124 Å². The van der Waals surface area contributed by atoms with Gasteiger partial charge in [-0.2, -0.15) is 11.8 Å². The summed E-state index contributed by atoms with van der Waals surface area (Å²) in [5.74, 6) is -2.01. The average Bonchev–Trinajstić information content (AvgIpc) is 3.37. The highest BCUT2D eigenvalue weighted by Gasteiger charge is 2.84. The van der Waals surface area contributed by atoms with Crippen molar-refractivity contribution in [2.75, 3.05) is 18.1 Å². The normalized spacial score (nSPS) is 36.9. The largest absolute Gasteiger partial charge is 0.459 e. The Bertz CT molecular complexity index is 1100. The Hall–Kier alpha value is -1.19. The number of hydrogen-bond donors (Lipinski definition) is 4. The molecular weight excluding hydrogens is 576 g/mol. The number of fused-ring (bicyclic) bond motifs is 5. The fourth-order valence-corrected chi connectivity index (χ4v) is 9.59. The minimum atomic E-state index is -1.86. The van der Waals surface area contributed by atoms with E-state index in [1.807, 2.05) is 19.9 Å². The molecule has 2 fully saturated rings. The quantitative estimate of drug-likeness (QED) is 0.0884. The van der Waals surface area contributed by atoms with Crippen LogP contribution in [0.15, 0.2) is 23.3 Å². The standard InChI is InChI=1S/C36H58O7S/c1-6-7-8-9-10-11-12-13-14-15-16-17-29(38)43-32-25(3)35(41)27(30-33(4,5)36(30,32)42)21-26(23-44-19-18-37)22-34(40)28(35)20-24(2)31(34)39/h20-21,24-25,27,30,32,37,40-42H,6-19,22-23H2,1-5H3/t24?,25-,27+,30-,32-,34-,35-,36-/m1/s1. The van der Waals surface area contributed by atoms with Crippen molar-refractivity contribution in [1.29, 1.82) is 0 Å². The zero-order valence-electron chi connectivity index (χ0n) is 27.8. The molecule has 1 unspecified atom stereocenters. The Kier molecular flexibility index (Phi) is 11.6. The molecule has 8 heteroatoms. The summed E-state index contributed by atoms with van der Waals surface area (Å²) in [5, 5.41) is 46.2. The molecule has 2 saturated carbocycles. The van der Waals surface area contributed by atoms with Crippen LogP contribution >= 0.6 is 11.8 Å². The van der Waals surface area contributed by atoms with Gasteiger partial charge in [0.15, 0.2) is 11.4 Å². The summed E-state index contributed by atoms with van der Waals surface area (Å²) in [6.45, 7) is 9.67. The number of carbonyl (C=O) groups excluding carboxylic acids is 2. The van der Waals surface area contributed by atoms with Gasteiger partial charge in [0, 0.05) is 53.4 Å². The molecule has 0 radical (unpaired) electrons. The zero-order valence-corrected chi connectivity index (χ0v) is 28.6. The molecule has 0 aromatic rings. The lowest BCUT2D eigenvalue weighted by atomic mass is 9.61. The Morgan fingerprint density at radius 3 is 2.14 bits per heavy atom. The van der Waals surface area contributed by atoms with Crippen molar-refractivity contribution in [3.05, 3.63) is 23.3 Å². The summed E-state index contributed by atoms with van der Waals surface area (Å²) in [6.07, 6.45) is 16.0. The second-order valence-corrected chi connectivity index (χ2v) is 15.8. The van der Waals surface area contributed by atoms with Crippen LogP contribution in [-0.4, -0.2) is 73.2 Å². The van der Waals surface area contributed by atoms with Crippen LogP contribution in [0.25, 0.3) is 0 Å². The number of allylic oxidation sites excluding steroid dienone is 1. The molecule has 0 bridgehead atoms. The van der Waals surface area contributed by atoms with E-state index in [2.05, 4.69) is 6.92 Å². The fourth-order valence-electron chi connectivity index (χ4n) is 8.85. The van der Waals surface area contributed by atoms with Crippen molar-refractivity contribution < 1.29 is 34.8 Å². The van der Waals surface area contributed by atoms with Crippen molar-refractivity contribution in [1.82, 2.24) is 0 Å². The number of aliphatic hydroxyl groups excluding tert-OH is 1. The van der Waals surface area contributed by atoms with Gasteiger partial charge >= 0.3 is 5.97 Å². The number of hydrogen-bond acceptors (Lipinski definition) is 8. The van der Waals surface area contributed by atoms with Gasteiger partial charge in [0.1, 0.15) is 17.3 Å². The van der Waals surface area contributed by atoms with E-state index in [0.29, 0.717) is 11.5 Å². The van der Waals surface area contributed by atoms with Gasteiger partial charge in [-0.1, -0.05) is 117 Å². The van der Waals surface area contributed by atoms with E-state index in [-0.39, 0.29) is 36.8 Å². The average molecular weight is 635 g/mol. The van der Waals surface area contributed by atoms with E-state index in [9.17, 15) is 30.0 Å². The summed E-state index contributed by atoms with van der Waals surface area (Å²) >= 11 is 1.51. The molecule has 0 saturated heterocycles. The van der Waals surface area contributed by atoms with Gasteiger partial charge in [-0.25, -0.2) is 0 Å². The lowest BCUT2D eigenvalue weighted by Crippen LogP contribution is -2.62. The molecule has 0 heterocycles. The second kappa shape index (κ2) is 14.3. The van der Waals surface area contributed by atoms with Crippen molar-refractivity contribution in [2.24, 2.45) is 29.1 Å². The van der Waals surface area contributed by atoms with Gasteiger partial charge < -0.3 is 25.2 Å². The lowest BCUT2D eigenvalue weighted by molar-refractivity contribution is -0.194. The van der Waals surface area contributed by atoms with Crippen LogP contribution in [0.3, 0.4) is 0 Å². The minimum Gasteiger partial charge on any atom is -0.459 e. The Balaban J connectivity index is 1.45. The monoisotopic (exact) mass is 634 g/mol. The first-order valence-corrected chi connectivity index (χ1v) is 18.5. The molecule has 250 valence electrons. The number of esters is 1. The van der Waals surface area contributed by atoms with Gasteiger partial charge in [-0.3, -0.25) is 9.59 Å². The molecule has 0 aromatic carbocycles. The molecule has 4 N–H and O–H groups in total. The molecule has 8 atom stereocenters. The van der Waals surface area contributed by atoms with Crippen molar-refractivity contribution >= 4 is 23.5 Å². The van der Waals surface area contributed by atoms with Gasteiger partial charge in [0.25, 0.3) is 0 Å². The molecule has 0 aliphatic heterocycles. The second-order valence-electron chi connectivity index (χ2n) is 14.7. The lowest BCUT2D eigenvalue weighted by Gasteiger charge is -2.50. The van der Waals surface area contributed by atoms with E-state index in [1.54, 1.807) is 19.9 Å². The smallest absolute Gasteiger partial charge is 0.306 e. The molecule has 4 aliphatic carbocycles. The van der Waals surface area contributed by atoms with Crippen LogP contribution < -0.4 is 0 Å². The van der Waals surface area contributed by atoms with Gasteiger partial charge in [-0.15, -0.1) is 0 Å². The molecule has 44 heavy (non-hydrogen) atoms. The maximum absolute atomic E-state index is 13.4. The summed E-state index contributed by atoms with van der Waals surface area (Å²) in [7, 11) is 0. The Morgan fingerprint density at radius 1 is 0.955 bits per heavy atom. The van der Waals surface area contributed by atoms with E-state index in [1.165, 1.54) is 63.1 Å². The number of thioether (sulfide) groups is 1. The number of aliphatic hydroxyl groups is 4. The number of rotatable bonds is 17. The summed E-state index contributed by atoms with van der Waals surface area (Å²) < 4.78 is 6.09. The third-order valence-corrected chi connectivity index (χ3v) is 12.5. The third-order valence-electron chi connectivity index (χ3n) is 11.4. The highest BCUT2D eigenvalue weighted by Crippen LogP contribution is 2.75. The molecule has 0 amide bonds. The summed E-state index contributed by atoms with van der Waals surface area (Å²) in [4.78, 5) is 26.6. The minimum absolute atomic E-state index is 0.0232. The van der Waals surface area contributed by atoms with Crippen molar-refractivity contribution in [3.8, 4) is 0 Å². The van der Waals surface area contributed by atoms with Crippen LogP contribution in [0, 0.1) is 29.1 Å². The van der Waals surface area contributed by atoms with Crippen LogP contribution in [-0.2, 0) is 14.3 Å². The maximum Gasteiger partial charge on any atom is 0.306 e. The first-order chi connectivity index (χ1) is 20.8. The van der Waals surface area contributed by atoms with Crippen molar-refractivity contribution in [2.45, 2.75) is 141 Å². The van der Waals surface area contributed by atoms with Gasteiger partial charge in [-0.05, 0) is 12.0 Å². The number of ketones is 1. The predicted octanol–water partition coefficient (Wildman–Crippen LogP) is 5.92. The van der Waals surface area contributed by atoms with Gasteiger partial charge in [0.2, 0.25) is 0 Å². The number of Topliss-reactive ketones (excluding diaryl/α,β-unsaturated/α-hetero) is 1. The van der Waals surface area contributed by atoms with Crippen molar-refractivity contribution in [3.63, 3.8) is 0 Å². The third kappa shape index (κ3) is 6.36. The van der Waals surface area contributed by atoms with Crippen LogP contribution in [0.4, 0.5) is 0 Å². The first kappa shape index (κ1) is 35.7. The molecule has 4 rings (SSSR count). The van der Waals surface area contributed by atoms with E-state index < -0.39 is 52.0 Å². The summed E-state index contributed by atoms with van der Waals surface area (Å²) in [6, 6.07) is 0. The molecule has 4 aliphatic rings. The number of ether oxygens (including phenoxy) is 1. The Labute approximate surface area is 269 Å². The molecule has 0 aromatic heterocycles. The molecular formula is C36H58O7S. The first-order valence-electron chi connectivity index (χ1n) is 17.3. The molecule has 0 spiro atoms. The SMILES string of the molecule is CCCCCCCCCCCCCC(=O)O[C@@H]1[C@@H](C)[C@]2(O)C3=CC(C)C(=O)[C@@]3(O)CC(CSCCO)=C[C@H]2[C@@H]2C(C)(C)[C@]12O. The number of carbonyl (C=O) groups is 2. The van der Waals surface area contributed by atoms with Gasteiger partial charge in [0.05, 0.1) is 6.61 Å². The fraction of sp³-hybridized carbons (Fsp3) is 0.833. The highest BCUT2D eigenvalue weighted by atomic mass is 32.2. The van der Waals surface area contributed by atoms with E-state index >= 15 is 0 Å². The van der Waals surface area contributed by atoms with Crippen LogP contribution in [0.1, 0.15) is 118 Å². The van der Waals surface area contributed by atoms with Crippen LogP contribution in [0.2, 0.25) is 0 Å². The van der Waals surface area contributed by atoms with Crippen LogP contribution in [0.5, 0.6) is 0 Å². The van der Waals surface area contributed by atoms with E-state index in [0.717, 1.165) is 24.8 Å². The molecule has 7 nitrogen and oxygen atoms in total. The predicted molar refractivity (Wildman–Crippen MR) is 175 cm³/mol. The number of unbranched alkanes of at least 4 members (excludes halogenated alkanes) is 10. The zero-order chi connectivity index (χ0) is 32.3. The maximum atomic E-state index is 13.4. The Morgan fingerprint density at radius 2 is 1.55 bits per heavy atom. The summed E-state index contributed by atoms with van der Waals surface area (Å²) in [5.41, 5.74) is -4.42.